The Morgan fingerprint density at radius 3 is 2.62 bits per heavy atom. The van der Waals surface area contributed by atoms with Crippen LogP contribution in [-0.2, 0) is 0 Å². The maximum atomic E-state index is 5.97. The predicted octanol–water partition coefficient (Wildman–Crippen LogP) is 4.20. The van der Waals surface area contributed by atoms with Crippen molar-refractivity contribution < 1.29 is 9.26 Å². The molecule has 0 spiro atoms. The molecule has 1 aromatic heterocycles. The molecule has 0 aliphatic carbocycles. The van der Waals surface area contributed by atoms with Crippen LogP contribution in [0.5, 0.6) is 5.75 Å². The van der Waals surface area contributed by atoms with Crippen molar-refractivity contribution in [1.82, 2.24) is 5.16 Å². The Morgan fingerprint density at radius 1 is 1.10 bits per heavy atom. The lowest BCUT2D eigenvalue weighted by Crippen LogP contribution is -1.89. The molecule has 0 radical (unpaired) electrons. The van der Waals surface area contributed by atoms with Crippen molar-refractivity contribution in [2.45, 2.75) is 0 Å². The summed E-state index contributed by atoms with van der Waals surface area (Å²) in [6.07, 6.45) is 0. The number of nitrogens with zero attached hydrogens (tertiary/aromatic N) is 1. The number of hydrogen-bond donors (Lipinski definition) is 1. The molecule has 2 aromatic carbocycles. The fourth-order valence-electron chi connectivity index (χ4n) is 2.19. The zero-order valence-electron chi connectivity index (χ0n) is 11.3. The second-order valence-corrected chi connectivity index (χ2v) is 5.76. The van der Waals surface area contributed by atoms with Gasteiger partial charge in [-0.25, -0.2) is 0 Å². The molecular weight excluding hydrogens is 379 g/mol. The van der Waals surface area contributed by atoms with Crippen LogP contribution in [0.2, 0.25) is 0 Å². The van der Waals surface area contributed by atoms with Gasteiger partial charge in [-0.05, 0) is 52.4 Å². The molecule has 0 saturated carbocycles. The van der Waals surface area contributed by atoms with E-state index in [2.05, 4.69) is 27.7 Å². The lowest BCUT2D eigenvalue weighted by atomic mass is 10.0. The van der Waals surface area contributed by atoms with Gasteiger partial charge in [0.2, 0.25) is 5.88 Å². The Hall–Kier alpha value is -2.02. The van der Waals surface area contributed by atoms with E-state index in [9.17, 15) is 0 Å². The first-order chi connectivity index (χ1) is 10.2. The van der Waals surface area contributed by atoms with E-state index in [1.165, 1.54) is 0 Å². The summed E-state index contributed by atoms with van der Waals surface area (Å²) in [4.78, 5) is 0. The average Bonchev–Trinajstić information content (AvgIpc) is 2.89. The Morgan fingerprint density at radius 2 is 1.86 bits per heavy atom. The highest BCUT2D eigenvalue weighted by Crippen LogP contribution is 2.37. The SMILES string of the molecule is COc1cccc(-c2c(-c3cccc(I)c3)noc2N)c1. The smallest absolute Gasteiger partial charge is 0.230 e. The maximum Gasteiger partial charge on any atom is 0.230 e. The quantitative estimate of drug-likeness (QED) is 0.679. The molecule has 0 aliphatic rings. The zero-order valence-corrected chi connectivity index (χ0v) is 13.5. The van der Waals surface area contributed by atoms with Crippen LogP contribution in [0.25, 0.3) is 22.4 Å². The number of aromatic nitrogens is 1. The summed E-state index contributed by atoms with van der Waals surface area (Å²) < 4.78 is 11.6. The van der Waals surface area contributed by atoms with Crippen molar-refractivity contribution >= 4 is 28.5 Å². The van der Waals surface area contributed by atoms with E-state index in [4.69, 9.17) is 15.0 Å². The standard InChI is InChI=1S/C16H13IN2O2/c1-20-13-7-3-4-10(9-13)14-15(19-21-16(14)18)11-5-2-6-12(17)8-11/h2-9H,18H2,1H3. The van der Waals surface area contributed by atoms with E-state index < -0.39 is 0 Å². The van der Waals surface area contributed by atoms with Crippen molar-refractivity contribution in [2.24, 2.45) is 0 Å². The number of anilines is 1. The van der Waals surface area contributed by atoms with Gasteiger partial charge in [-0.15, -0.1) is 0 Å². The first-order valence-electron chi connectivity index (χ1n) is 6.34. The molecule has 4 nitrogen and oxygen atoms in total. The molecule has 3 rings (SSSR count). The second kappa shape index (κ2) is 5.77. The molecule has 1 heterocycles. The van der Waals surface area contributed by atoms with E-state index in [1.54, 1.807) is 7.11 Å². The lowest BCUT2D eigenvalue weighted by molar-refractivity contribution is 0.415. The molecule has 3 aromatic rings. The summed E-state index contributed by atoms with van der Waals surface area (Å²) in [5.74, 6) is 1.07. The maximum absolute atomic E-state index is 5.97. The van der Waals surface area contributed by atoms with Crippen LogP contribution in [0.4, 0.5) is 5.88 Å². The largest absolute Gasteiger partial charge is 0.497 e. The molecule has 0 saturated heterocycles. The number of ether oxygens (including phenoxy) is 1. The van der Waals surface area contributed by atoms with Crippen molar-refractivity contribution in [3.05, 3.63) is 52.1 Å². The van der Waals surface area contributed by atoms with Gasteiger partial charge in [-0.1, -0.05) is 29.4 Å². The number of halogens is 1. The Bertz CT molecular complexity index is 783. The van der Waals surface area contributed by atoms with Gasteiger partial charge in [0.25, 0.3) is 0 Å². The summed E-state index contributed by atoms with van der Waals surface area (Å²) in [5, 5.41) is 4.11. The molecule has 0 amide bonds. The van der Waals surface area contributed by atoms with Crippen LogP contribution in [0.1, 0.15) is 0 Å². The number of benzene rings is 2. The van der Waals surface area contributed by atoms with Gasteiger partial charge in [-0.3, -0.25) is 0 Å². The van der Waals surface area contributed by atoms with Gasteiger partial charge in [-0.2, -0.15) is 0 Å². The van der Waals surface area contributed by atoms with E-state index in [1.807, 2.05) is 48.5 Å². The Kier molecular flexibility index (Phi) is 3.83. The van der Waals surface area contributed by atoms with E-state index in [0.717, 1.165) is 31.7 Å². The van der Waals surface area contributed by atoms with E-state index >= 15 is 0 Å². The van der Waals surface area contributed by atoms with Gasteiger partial charge < -0.3 is 15.0 Å². The van der Waals surface area contributed by atoms with Crippen molar-refractivity contribution in [1.29, 1.82) is 0 Å². The Balaban J connectivity index is 2.17. The minimum Gasteiger partial charge on any atom is -0.497 e. The molecule has 106 valence electrons. The minimum absolute atomic E-state index is 0.303. The fourth-order valence-corrected chi connectivity index (χ4v) is 2.74. The topological polar surface area (TPSA) is 61.3 Å². The van der Waals surface area contributed by atoms with Crippen molar-refractivity contribution in [3.63, 3.8) is 0 Å². The van der Waals surface area contributed by atoms with Crippen LogP contribution in [-0.4, -0.2) is 12.3 Å². The molecule has 0 aliphatic heterocycles. The van der Waals surface area contributed by atoms with Crippen LogP contribution in [0, 0.1) is 3.57 Å². The monoisotopic (exact) mass is 392 g/mol. The molecule has 0 bridgehead atoms. The summed E-state index contributed by atoms with van der Waals surface area (Å²) in [6.45, 7) is 0. The molecule has 0 unspecified atom stereocenters. The highest BCUT2D eigenvalue weighted by Gasteiger charge is 2.18. The van der Waals surface area contributed by atoms with E-state index in [0.29, 0.717) is 5.88 Å². The van der Waals surface area contributed by atoms with Gasteiger partial charge in [0, 0.05) is 9.13 Å². The molecule has 0 fully saturated rings. The highest BCUT2D eigenvalue weighted by atomic mass is 127. The van der Waals surface area contributed by atoms with Crippen molar-refractivity contribution in [3.8, 4) is 28.1 Å². The number of nitrogen functional groups attached to an aromatic ring is 1. The Labute approximate surface area is 136 Å². The third-order valence-corrected chi connectivity index (χ3v) is 3.85. The number of hydrogen-bond acceptors (Lipinski definition) is 4. The summed E-state index contributed by atoms with van der Waals surface area (Å²) in [5.41, 5.74) is 9.38. The van der Waals surface area contributed by atoms with Crippen molar-refractivity contribution in [2.75, 3.05) is 12.8 Å². The number of rotatable bonds is 3. The number of methoxy groups -OCH3 is 1. The first-order valence-corrected chi connectivity index (χ1v) is 7.42. The van der Waals surface area contributed by atoms with Gasteiger partial charge in [0.1, 0.15) is 11.4 Å². The molecule has 0 atom stereocenters. The third-order valence-electron chi connectivity index (χ3n) is 3.17. The molecule has 21 heavy (non-hydrogen) atoms. The minimum atomic E-state index is 0.303. The highest BCUT2D eigenvalue weighted by molar-refractivity contribution is 14.1. The summed E-state index contributed by atoms with van der Waals surface area (Å²) in [7, 11) is 1.64. The summed E-state index contributed by atoms with van der Waals surface area (Å²) >= 11 is 2.27. The van der Waals surface area contributed by atoms with Crippen LogP contribution in [0.3, 0.4) is 0 Å². The molecule has 5 heteroatoms. The first kappa shape index (κ1) is 13.9. The van der Waals surface area contributed by atoms with Crippen LogP contribution >= 0.6 is 22.6 Å². The van der Waals surface area contributed by atoms with Crippen LogP contribution in [0.15, 0.2) is 53.1 Å². The van der Waals surface area contributed by atoms with Gasteiger partial charge >= 0.3 is 0 Å². The lowest BCUT2D eigenvalue weighted by Gasteiger charge is -2.05. The number of nitrogens with two attached hydrogens (primary N) is 1. The van der Waals surface area contributed by atoms with Crippen LogP contribution < -0.4 is 10.5 Å². The predicted molar refractivity (Wildman–Crippen MR) is 91.1 cm³/mol. The second-order valence-electron chi connectivity index (χ2n) is 4.51. The fraction of sp³-hybridized carbons (Fsp3) is 0.0625. The average molecular weight is 392 g/mol. The van der Waals surface area contributed by atoms with Gasteiger partial charge in [0.05, 0.1) is 12.7 Å². The zero-order chi connectivity index (χ0) is 14.8. The van der Waals surface area contributed by atoms with Gasteiger partial charge in [0.15, 0.2) is 0 Å². The normalized spacial score (nSPS) is 10.6. The third kappa shape index (κ3) is 2.73. The molecular formula is C16H13IN2O2. The summed E-state index contributed by atoms with van der Waals surface area (Å²) in [6, 6.07) is 15.7. The molecule has 2 N–H and O–H groups in total. The van der Waals surface area contributed by atoms with E-state index in [-0.39, 0.29) is 0 Å².